The Morgan fingerprint density at radius 1 is 1.65 bits per heavy atom. The number of hydrogen-bond acceptors (Lipinski definition) is 4. The third kappa shape index (κ3) is 4.48. The van der Waals surface area contributed by atoms with Gasteiger partial charge in [0, 0.05) is 5.82 Å². The van der Waals surface area contributed by atoms with Crippen molar-refractivity contribution < 1.29 is 28.4 Å². The molecule has 0 aromatic rings. The molecule has 0 aromatic carbocycles. The van der Waals surface area contributed by atoms with Crippen LogP contribution in [0.4, 0.5) is 4.39 Å². The zero-order chi connectivity index (χ0) is 13.1. The average Bonchev–Trinajstić information content (AvgIpc) is 2.57. The maximum absolute atomic E-state index is 13.4. The molecule has 0 bridgehead atoms. The van der Waals surface area contributed by atoms with E-state index in [1.165, 1.54) is 6.08 Å². The van der Waals surface area contributed by atoms with Gasteiger partial charge in [-0.1, -0.05) is 0 Å². The Labute approximate surface area is 99.7 Å². The highest BCUT2D eigenvalue weighted by Gasteiger charge is 2.37. The Hall–Kier alpha value is -0.260. The summed E-state index contributed by atoms with van der Waals surface area (Å²) in [5.74, 6) is 0.965. The van der Waals surface area contributed by atoms with Crippen LogP contribution >= 0.6 is 7.37 Å². The number of alkyl halides is 1. The normalized spacial score (nSPS) is 33.4. The van der Waals surface area contributed by atoms with E-state index in [4.69, 9.17) is 19.5 Å². The lowest BCUT2D eigenvalue weighted by molar-refractivity contribution is -0.0385. The van der Waals surface area contributed by atoms with Gasteiger partial charge < -0.3 is 19.5 Å². The molecule has 1 saturated heterocycles. The maximum atomic E-state index is 13.4. The quantitative estimate of drug-likeness (QED) is 0.734. The SMILES string of the molecule is CC(C)O[C@H]1[C@@H](F)CO[C@@H]1/C=C/P(=O)(O)CO. The number of rotatable bonds is 5. The molecule has 0 amide bonds. The Morgan fingerprint density at radius 3 is 2.82 bits per heavy atom. The van der Waals surface area contributed by atoms with Gasteiger partial charge in [-0.05, 0) is 19.9 Å². The fraction of sp³-hybridized carbons (Fsp3) is 0.800. The van der Waals surface area contributed by atoms with Crippen LogP contribution in [-0.2, 0) is 14.0 Å². The highest BCUT2D eigenvalue weighted by atomic mass is 31.2. The van der Waals surface area contributed by atoms with E-state index < -0.39 is 32.1 Å². The van der Waals surface area contributed by atoms with E-state index in [0.29, 0.717) is 0 Å². The fourth-order valence-electron chi connectivity index (χ4n) is 1.51. The summed E-state index contributed by atoms with van der Waals surface area (Å²) >= 11 is 0. The molecule has 1 aliphatic rings. The van der Waals surface area contributed by atoms with Crippen molar-refractivity contribution in [3.63, 3.8) is 0 Å². The van der Waals surface area contributed by atoms with Crippen LogP contribution in [0.25, 0.3) is 0 Å². The zero-order valence-corrected chi connectivity index (χ0v) is 10.7. The molecule has 1 fully saturated rings. The molecule has 0 aliphatic carbocycles. The van der Waals surface area contributed by atoms with Crippen LogP contribution in [0.1, 0.15) is 13.8 Å². The van der Waals surface area contributed by atoms with E-state index in [0.717, 1.165) is 5.82 Å². The van der Waals surface area contributed by atoms with Gasteiger partial charge in [-0.2, -0.15) is 0 Å². The number of hydrogen-bond donors (Lipinski definition) is 2. The van der Waals surface area contributed by atoms with Gasteiger partial charge in [0.1, 0.15) is 18.6 Å². The van der Waals surface area contributed by atoms with Gasteiger partial charge in [0.2, 0.25) is 7.37 Å². The van der Waals surface area contributed by atoms with Crippen LogP contribution in [0.15, 0.2) is 11.9 Å². The Morgan fingerprint density at radius 2 is 2.29 bits per heavy atom. The molecule has 0 spiro atoms. The van der Waals surface area contributed by atoms with Crippen LogP contribution in [0.3, 0.4) is 0 Å². The molecule has 17 heavy (non-hydrogen) atoms. The fourth-order valence-corrected chi connectivity index (χ4v) is 2.04. The maximum Gasteiger partial charge on any atom is 0.246 e. The Balaban J connectivity index is 2.67. The van der Waals surface area contributed by atoms with E-state index in [1.54, 1.807) is 13.8 Å². The van der Waals surface area contributed by atoms with Crippen molar-refractivity contribution in [3.8, 4) is 0 Å². The molecule has 5 nitrogen and oxygen atoms in total. The summed E-state index contributed by atoms with van der Waals surface area (Å²) < 4.78 is 35.1. The van der Waals surface area contributed by atoms with Crippen LogP contribution < -0.4 is 0 Å². The minimum absolute atomic E-state index is 0.0960. The van der Waals surface area contributed by atoms with Gasteiger partial charge in [0.15, 0.2) is 6.17 Å². The van der Waals surface area contributed by atoms with Gasteiger partial charge in [0.25, 0.3) is 0 Å². The molecule has 100 valence electrons. The van der Waals surface area contributed by atoms with Gasteiger partial charge in [-0.25, -0.2) is 4.39 Å². The van der Waals surface area contributed by atoms with E-state index in [-0.39, 0.29) is 12.7 Å². The van der Waals surface area contributed by atoms with Crippen molar-refractivity contribution in [3.05, 3.63) is 11.9 Å². The van der Waals surface area contributed by atoms with Crippen molar-refractivity contribution in [1.29, 1.82) is 0 Å². The van der Waals surface area contributed by atoms with Crippen molar-refractivity contribution in [2.45, 2.75) is 38.3 Å². The molecule has 1 heterocycles. The van der Waals surface area contributed by atoms with Crippen molar-refractivity contribution in [2.75, 3.05) is 13.0 Å². The minimum atomic E-state index is -3.69. The van der Waals surface area contributed by atoms with Crippen LogP contribution in [-0.4, -0.2) is 47.4 Å². The third-order valence-electron chi connectivity index (χ3n) is 2.27. The summed E-state index contributed by atoms with van der Waals surface area (Å²) in [4.78, 5) is 9.15. The Kier molecular flexibility index (Phi) is 5.28. The molecule has 1 rings (SSSR count). The van der Waals surface area contributed by atoms with E-state index in [2.05, 4.69) is 0 Å². The summed E-state index contributed by atoms with van der Waals surface area (Å²) in [5.41, 5.74) is 0. The largest absolute Gasteiger partial charge is 0.386 e. The van der Waals surface area contributed by atoms with Crippen LogP contribution in [0.5, 0.6) is 0 Å². The lowest BCUT2D eigenvalue weighted by atomic mass is 10.1. The molecular formula is C10H18FO5P. The third-order valence-corrected chi connectivity index (χ3v) is 3.31. The predicted molar refractivity (Wildman–Crippen MR) is 60.7 cm³/mol. The van der Waals surface area contributed by atoms with Gasteiger partial charge in [-0.3, -0.25) is 4.57 Å². The van der Waals surface area contributed by atoms with Gasteiger partial charge >= 0.3 is 0 Å². The molecule has 0 radical (unpaired) electrons. The lowest BCUT2D eigenvalue weighted by Gasteiger charge is -2.20. The number of aliphatic hydroxyl groups excluding tert-OH is 1. The van der Waals surface area contributed by atoms with E-state index >= 15 is 0 Å². The summed E-state index contributed by atoms with van der Waals surface area (Å²) in [6, 6.07) is 0. The minimum Gasteiger partial charge on any atom is -0.386 e. The first-order chi connectivity index (χ1) is 7.85. The van der Waals surface area contributed by atoms with Gasteiger partial charge in [0.05, 0.1) is 12.7 Å². The molecule has 0 aromatic heterocycles. The van der Waals surface area contributed by atoms with E-state index in [1.807, 2.05) is 0 Å². The molecule has 7 heteroatoms. The van der Waals surface area contributed by atoms with Gasteiger partial charge in [-0.15, -0.1) is 0 Å². The second kappa shape index (κ2) is 6.07. The first-order valence-electron chi connectivity index (χ1n) is 5.38. The molecule has 4 atom stereocenters. The Bertz CT molecular complexity index is 320. The molecule has 1 aliphatic heterocycles. The highest BCUT2D eigenvalue weighted by molar-refractivity contribution is 7.61. The lowest BCUT2D eigenvalue weighted by Crippen LogP contribution is -2.32. The molecule has 1 unspecified atom stereocenters. The second-order valence-corrected chi connectivity index (χ2v) is 6.29. The standard InChI is InChI=1S/C10H18FO5P/c1-7(2)16-10-8(11)5-15-9(10)3-4-17(13,14)6-12/h3-4,7-10,12H,5-6H2,1-2H3,(H,13,14)/b4-3+/t8-,9+,10-/m0/s1. The number of ether oxygens (including phenoxy) is 2. The van der Waals surface area contributed by atoms with Crippen molar-refractivity contribution >= 4 is 7.37 Å². The smallest absolute Gasteiger partial charge is 0.246 e. The molecule has 2 N–H and O–H groups in total. The average molecular weight is 268 g/mol. The topological polar surface area (TPSA) is 76.0 Å². The zero-order valence-electron chi connectivity index (χ0n) is 9.82. The van der Waals surface area contributed by atoms with Crippen LogP contribution in [0, 0.1) is 0 Å². The molecule has 0 saturated carbocycles. The number of halogens is 1. The monoisotopic (exact) mass is 268 g/mol. The summed E-state index contributed by atoms with van der Waals surface area (Å²) in [6.07, 6.45) is -2.44. The molecular weight excluding hydrogens is 250 g/mol. The summed E-state index contributed by atoms with van der Waals surface area (Å²) in [6.45, 7) is 3.45. The summed E-state index contributed by atoms with van der Waals surface area (Å²) in [5, 5.41) is 8.62. The van der Waals surface area contributed by atoms with E-state index in [9.17, 15) is 8.96 Å². The first kappa shape index (κ1) is 14.8. The van der Waals surface area contributed by atoms with Crippen molar-refractivity contribution in [1.82, 2.24) is 0 Å². The van der Waals surface area contributed by atoms with Crippen molar-refractivity contribution in [2.24, 2.45) is 0 Å². The summed E-state index contributed by atoms with van der Waals surface area (Å²) in [7, 11) is -3.69. The predicted octanol–water partition coefficient (Wildman–Crippen LogP) is 1.25. The van der Waals surface area contributed by atoms with Crippen LogP contribution in [0.2, 0.25) is 0 Å². The number of aliphatic hydroxyl groups is 1. The highest BCUT2D eigenvalue weighted by Crippen LogP contribution is 2.41. The second-order valence-electron chi connectivity index (χ2n) is 4.20. The first-order valence-corrected chi connectivity index (χ1v) is 7.30.